The molecule has 1 N–H and O–H groups in total. The number of aromatic nitrogens is 6. The maximum Gasteiger partial charge on any atom is 0.333 e. The van der Waals surface area contributed by atoms with Crippen LogP contribution in [0, 0.1) is 0 Å². The maximum atomic E-state index is 13.4. The standard InChI is InChI=1S/C26H23BrN6O/c1-2-7-20-17-33(24-11-6-5-10-23(24)27)26(34)32(20)16-18-12-14-19(15-13-18)21-8-3-4-9-22(21)25-28-30-31-29-25/h3-6,8-15,17H,2,7,16H2,1H3,(H,28,29,30,31). The second-order valence-electron chi connectivity index (χ2n) is 8.05. The molecule has 8 heteroatoms. The minimum absolute atomic E-state index is 0.0393. The summed E-state index contributed by atoms with van der Waals surface area (Å²) in [6.07, 6.45) is 3.76. The highest BCUT2D eigenvalue weighted by molar-refractivity contribution is 9.10. The number of hydrogen-bond acceptors (Lipinski definition) is 4. The Morgan fingerprint density at radius 2 is 1.68 bits per heavy atom. The van der Waals surface area contributed by atoms with E-state index in [4.69, 9.17) is 0 Å². The molecular formula is C26H23BrN6O. The van der Waals surface area contributed by atoms with E-state index in [-0.39, 0.29) is 5.69 Å². The molecule has 0 saturated heterocycles. The van der Waals surface area contributed by atoms with Crippen molar-refractivity contribution in [2.75, 3.05) is 0 Å². The third-order valence-electron chi connectivity index (χ3n) is 5.81. The second-order valence-corrected chi connectivity index (χ2v) is 8.91. The maximum absolute atomic E-state index is 13.4. The summed E-state index contributed by atoms with van der Waals surface area (Å²) in [5.41, 5.74) is 5.92. The molecule has 2 aromatic heterocycles. The van der Waals surface area contributed by atoms with E-state index in [0.29, 0.717) is 12.4 Å². The van der Waals surface area contributed by atoms with Gasteiger partial charge in [-0.2, -0.15) is 0 Å². The van der Waals surface area contributed by atoms with Crippen LogP contribution in [0.3, 0.4) is 0 Å². The van der Waals surface area contributed by atoms with Crippen LogP contribution in [0.15, 0.2) is 88.3 Å². The third-order valence-corrected chi connectivity index (χ3v) is 6.48. The van der Waals surface area contributed by atoms with Gasteiger partial charge in [0.15, 0.2) is 5.82 Å². The van der Waals surface area contributed by atoms with Crippen molar-refractivity contribution in [2.24, 2.45) is 0 Å². The van der Waals surface area contributed by atoms with Gasteiger partial charge in [-0.1, -0.05) is 74.0 Å². The molecule has 0 aliphatic rings. The van der Waals surface area contributed by atoms with E-state index in [2.05, 4.69) is 73.8 Å². The quantitative estimate of drug-likeness (QED) is 0.321. The van der Waals surface area contributed by atoms with Gasteiger partial charge in [-0.3, -0.25) is 9.13 Å². The van der Waals surface area contributed by atoms with Gasteiger partial charge in [-0.15, -0.1) is 5.10 Å². The molecule has 0 fully saturated rings. The first-order valence-corrected chi connectivity index (χ1v) is 11.9. The molecule has 0 saturated carbocycles. The summed E-state index contributed by atoms with van der Waals surface area (Å²) >= 11 is 3.57. The summed E-state index contributed by atoms with van der Waals surface area (Å²) in [5, 5.41) is 14.3. The lowest BCUT2D eigenvalue weighted by atomic mass is 9.98. The average Bonchev–Trinajstić information content (AvgIpc) is 3.50. The molecule has 0 radical (unpaired) electrons. The molecule has 0 aliphatic heterocycles. The third kappa shape index (κ3) is 4.24. The van der Waals surface area contributed by atoms with Crippen LogP contribution in [0.2, 0.25) is 0 Å². The van der Waals surface area contributed by atoms with Crippen LogP contribution < -0.4 is 5.69 Å². The molecule has 0 unspecified atom stereocenters. The zero-order chi connectivity index (χ0) is 23.5. The highest BCUT2D eigenvalue weighted by Crippen LogP contribution is 2.30. The van der Waals surface area contributed by atoms with Gasteiger partial charge in [0.05, 0.1) is 12.2 Å². The van der Waals surface area contributed by atoms with Crippen molar-refractivity contribution in [2.45, 2.75) is 26.3 Å². The van der Waals surface area contributed by atoms with Crippen LogP contribution in [0.5, 0.6) is 0 Å². The Morgan fingerprint density at radius 3 is 2.38 bits per heavy atom. The van der Waals surface area contributed by atoms with Crippen LogP contribution in [0.1, 0.15) is 24.6 Å². The van der Waals surface area contributed by atoms with E-state index in [0.717, 1.165) is 50.9 Å². The lowest BCUT2D eigenvalue weighted by molar-refractivity contribution is 0.691. The Bertz CT molecular complexity index is 1470. The molecule has 0 bridgehead atoms. The topological polar surface area (TPSA) is 81.4 Å². The molecule has 5 rings (SSSR count). The Kier molecular flexibility index (Phi) is 6.22. The molecule has 0 amide bonds. The number of hydrogen-bond donors (Lipinski definition) is 1. The fourth-order valence-corrected chi connectivity index (χ4v) is 4.63. The molecule has 34 heavy (non-hydrogen) atoms. The number of halogens is 1. The lowest BCUT2D eigenvalue weighted by Crippen LogP contribution is -2.24. The number of tetrazole rings is 1. The number of benzene rings is 3. The summed E-state index contributed by atoms with van der Waals surface area (Å²) in [4.78, 5) is 13.4. The number of H-pyrrole nitrogens is 1. The second kappa shape index (κ2) is 9.61. The van der Waals surface area contributed by atoms with Gasteiger partial charge in [-0.05, 0) is 61.6 Å². The number of rotatable bonds is 7. The van der Waals surface area contributed by atoms with Gasteiger partial charge >= 0.3 is 5.69 Å². The van der Waals surface area contributed by atoms with Crippen molar-refractivity contribution in [1.29, 1.82) is 0 Å². The highest BCUT2D eigenvalue weighted by atomic mass is 79.9. The number of nitrogens with zero attached hydrogens (tertiary/aromatic N) is 5. The van der Waals surface area contributed by atoms with Crippen LogP contribution in [-0.2, 0) is 13.0 Å². The van der Waals surface area contributed by atoms with Gasteiger partial charge in [0, 0.05) is 21.9 Å². The average molecular weight is 515 g/mol. The molecule has 0 atom stereocenters. The van der Waals surface area contributed by atoms with Crippen molar-refractivity contribution in [3.8, 4) is 28.2 Å². The monoisotopic (exact) mass is 514 g/mol. The summed E-state index contributed by atoms with van der Waals surface area (Å²) in [7, 11) is 0. The number of aryl methyl sites for hydroxylation is 1. The Balaban J connectivity index is 1.48. The fourth-order valence-electron chi connectivity index (χ4n) is 4.16. The summed E-state index contributed by atoms with van der Waals surface area (Å²) in [6, 6.07) is 24.1. The summed E-state index contributed by atoms with van der Waals surface area (Å²) in [6.45, 7) is 2.64. The van der Waals surface area contributed by atoms with Gasteiger partial charge < -0.3 is 0 Å². The van der Waals surface area contributed by atoms with E-state index in [1.165, 1.54) is 0 Å². The molecule has 3 aromatic carbocycles. The summed E-state index contributed by atoms with van der Waals surface area (Å²) < 4.78 is 4.49. The number of nitrogens with one attached hydrogen (secondary N) is 1. The van der Waals surface area contributed by atoms with Gasteiger partial charge in [-0.25, -0.2) is 9.89 Å². The minimum atomic E-state index is -0.0393. The van der Waals surface area contributed by atoms with E-state index >= 15 is 0 Å². The van der Waals surface area contributed by atoms with Crippen molar-refractivity contribution in [1.82, 2.24) is 29.8 Å². The predicted octanol–water partition coefficient (Wildman–Crippen LogP) is 5.25. The summed E-state index contributed by atoms with van der Waals surface area (Å²) in [5.74, 6) is 0.629. The molecule has 0 spiro atoms. The molecule has 170 valence electrons. The van der Waals surface area contributed by atoms with Crippen molar-refractivity contribution in [3.63, 3.8) is 0 Å². The first-order valence-electron chi connectivity index (χ1n) is 11.1. The number of aromatic amines is 1. The van der Waals surface area contributed by atoms with Crippen LogP contribution in [0.4, 0.5) is 0 Å². The molecule has 0 aliphatic carbocycles. The van der Waals surface area contributed by atoms with E-state index in [9.17, 15) is 4.79 Å². The molecule has 5 aromatic rings. The van der Waals surface area contributed by atoms with Crippen LogP contribution in [-0.4, -0.2) is 29.8 Å². The molecule has 7 nitrogen and oxygen atoms in total. The first kappa shape index (κ1) is 22.0. The molecular weight excluding hydrogens is 492 g/mol. The van der Waals surface area contributed by atoms with E-state index < -0.39 is 0 Å². The van der Waals surface area contributed by atoms with Gasteiger partial charge in [0.2, 0.25) is 0 Å². The smallest absolute Gasteiger partial charge is 0.292 e. The van der Waals surface area contributed by atoms with Crippen molar-refractivity contribution >= 4 is 15.9 Å². The number of imidazole rings is 1. The zero-order valence-electron chi connectivity index (χ0n) is 18.6. The molecule has 2 heterocycles. The Hall–Kier alpha value is -3.78. The van der Waals surface area contributed by atoms with Crippen LogP contribution >= 0.6 is 15.9 Å². The Labute approximate surface area is 205 Å². The van der Waals surface area contributed by atoms with Crippen LogP contribution in [0.25, 0.3) is 28.2 Å². The lowest BCUT2D eigenvalue weighted by Gasteiger charge is -2.10. The van der Waals surface area contributed by atoms with Gasteiger partial charge in [0.25, 0.3) is 0 Å². The van der Waals surface area contributed by atoms with Crippen molar-refractivity contribution < 1.29 is 0 Å². The first-order chi connectivity index (χ1) is 16.7. The van der Waals surface area contributed by atoms with Gasteiger partial charge in [0.1, 0.15) is 0 Å². The highest BCUT2D eigenvalue weighted by Gasteiger charge is 2.15. The predicted molar refractivity (Wildman–Crippen MR) is 136 cm³/mol. The normalized spacial score (nSPS) is 11.1. The minimum Gasteiger partial charge on any atom is -0.292 e. The zero-order valence-corrected chi connectivity index (χ0v) is 20.2. The fraction of sp³-hybridized carbons (Fsp3) is 0.154. The largest absolute Gasteiger partial charge is 0.333 e. The van der Waals surface area contributed by atoms with Crippen molar-refractivity contribution in [3.05, 3.63) is 105 Å². The van der Waals surface area contributed by atoms with E-state index in [1.807, 2.05) is 53.2 Å². The SMILES string of the molecule is CCCc1cn(-c2ccccc2Br)c(=O)n1Cc1ccc(-c2ccccc2-c2nnn[nH]2)cc1. The Morgan fingerprint density at radius 1 is 0.941 bits per heavy atom. The van der Waals surface area contributed by atoms with E-state index in [1.54, 1.807) is 4.57 Å². The number of para-hydroxylation sites is 1.